The Labute approximate surface area is 199 Å². The van der Waals surface area contributed by atoms with Gasteiger partial charge in [0.15, 0.2) is 11.9 Å². The second-order valence-electron chi connectivity index (χ2n) is 7.07. The molecule has 4 rings (SSSR count). The molecule has 0 unspecified atom stereocenters. The van der Waals surface area contributed by atoms with Crippen molar-refractivity contribution >= 4 is 40.8 Å². The molecule has 4 aromatic rings. The summed E-state index contributed by atoms with van der Waals surface area (Å²) in [6, 6.07) is 23.3. The van der Waals surface area contributed by atoms with Gasteiger partial charge in [-0.05, 0) is 37.3 Å². The minimum atomic E-state index is -1.11. The number of rotatable bonds is 6. The van der Waals surface area contributed by atoms with Gasteiger partial charge in [0.2, 0.25) is 0 Å². The highest BCUT2D eigenvalue weighted by molar-refractivity contribution is 6.35. The van der Waals surface area contributed by atoms with Crippen molar-refractivity contribution in [2.24, 2.45) is 0 Å². The topological polar surface area (TPSA) is 86.1 Å². The van der Waals surface area contributed by atoms with Gasteiger partial charge in [0.25, 0.3) is 11.7 Å². The number of halogens is 2. The Balaban J connectivity index is 1.55. The predicted molar refractivity (Wildman–Crippen MR) is 127 cm³/mol. The molecule has 0 aliphatic rings. The molecule has 0 aliphatic carbocycles. The predicted octanol–water partition coefficient (Wildman–Crippen LogP) is 5.43. The smallest absolute Gasteiger partial charge is 0.379 e. The minimum Gasteiger partial charge on any atom is -0.447 e. The highest BCUT2D eigenvalue weighted by Gasteiger charge is 2.24. The zero-order valence-corrected chi connectivity index (χ0v) is 18.9. The fraction of sp³-hybridized carbons (Fsp3) is 0.0833. The van der Waals surface area contributed by atoms with Crippen LogP contribution in [0.5, 0.6) is 0 Å². The average molecular weight is 481 g/mol. The van der Waals surface area contributed by atoms with Crippen molar-refractivity contribution in [1.82, 2.24) is 14.8 Å². The van der Waals surface area contributed by atoms with Crippen LogP contribution >= 0.6 is 23.2 Å². The Kier molecular flexibility index (Phi) is 6.72. The van der Waals surface area contributed by atoms with Gasteiger partial charge in [-0.25, -0.2) is 14.5 Å². The van der Waals surface area contributed by atoms with Crippen LogP contribution in [-0.4, -0.2) is 32.7 Å². The second-order valence-corrected chi connectivity index (χ2v) is 7.94. The summed E-state index contributed by atoms with van der Waals surface area (Å²) in [5.41, 5.74) is 1.89. The maximum Gasteiger partial charge on any atom is 0.379 e. The van der Waals surface area contributed by atoms with E-state index >= 15 is 0 Å². The molecule has 7 nitrogen and oxygen atoms in total. The van der Waals surface area contributed by atoms with E-state index in [1.807, 2.05) is 60.7 Å². The van der Waals surface area contributed by atoms with E-state index in [-0.39, 0.29) is 5.82 Å². The number of anilines is 1. The molecule has 1 N–H and O–H groups in total. The van der Waals surface area contributed by atoms with Gasteiger partial charge >= 0.3 is 5.97 Å². The summed E-state index contributed by atoms with van der Waals surface area (Å²) >= 11 is 11.9. The molecule has 0 radical (unpaired) electrons. The number of ether oxygens (including phenoxy) is 1. The van der Waals surface area contributed by atoms with Crippen molar-refractivity contribution in [3.63, 3.8) is 0 Å². The minimum absolute atomic E-state index is 0.164. The van der Waals surface area contributed by atoms with Crippen molar-refractivity contribution in [2.75, 3.05) is 5.32 Å². The van der Waals surface area contributed by atoms with Gasteiger partial charge in [0.1, 0.15) is 0 Å². The van der Waals surface area contributed by atoms with Gasteiger partial charge in [0.05, 0.1) is 5.69 Å². The Morgan fingerprint density at radius 2 is 1.55 bits per heavy atom. The van der Waals surface area contributed by atoms with Crippen molar-refractivity contribution in [3.05, 3.63) is 94.7 Å². The number of carbonyl (C=O) groups is 2. The Hall–Kier alpha value is -3.68. The molecular formula is C24H18Cl2N4O3. The Bertz CT molecular complexity index is 1220. The van der Waals surface area contributed by atoms with Crippen LogP contribution in [0.2, 0.25) is 10.0 Å². The fourth-order valence-corrected chi connectivity index (χ4v) is 3.58. The first kappa shape index (κ1) is 22.5. The largest absolute Gasteiger partial charge is 0.447 e. The van der Waals surface area contributed by atoms with Gasteiger partial charge in [-0.1, -0.05) is 71.7 Å². The summed E-state index contributed by atoms with van der Waals surface area (Å²) in [5, 5.41) is 7.69. The molecule has 1 aromatic heterocycles. The number of nitrogens with zero attached hydrogens (tertiary/aromatic N) is 3. The number of benzene rings is 3. The Morgan fingerprint density at radius 3 is 2.18 bits per heavy atom. The van der Waals surface area contributed by atoms with Crippen LogP contribution in [0.25, 0.3) is 17.1 Å². The second kappa shape index (κ2) is 9.85. The molecule has 0 spiro atoms. The molecule has 0 bridgehead atoms. The van der Waals surface area contributed by atoms with Gasteiger partial charge in [-0.3, -0.25) is 4.79 Å². The van der Waals surface area contributed by atoms with Crippen LogP contribution in [0.15, 0.2) is 78.9 Å². The summed E-state index contributed by atoms with van der Waals surface area (Å²) in [4.78, 5) is 29.6. The molecule has 1 atom stereocenters. The van der Waals surface area contributed by atoms with E-state index in [4.69, 9.17) is 27.9 Å². The molecule has 3 aromatic carbocycles. The van der Waals surface area contributed by atoms with E-state index in [1.54, 1.807) is 10.7 Å². The third-order valence-corrected chi connectivity index (χ3v) is 5.04. The van der Waals surface area contributed by atoms with E-state index in [1.165, 1.54) is 19.1 Å². The lowest BCUT2D eigenvalue weighted by Gasteiger charge is -2.13. The highest BCUT2D eigenvalue weighted by atomic mass is 35.5. The first-order valence-electron chi connectivity index (χ1n) is 9.96. The van der Waals surface area contributed by atoms with Crippen LogP contribution in [0.3, 0.4) is 0 Å². The molecule has 1 heterocycles. The van der Waals surface area contributed by atoms with E-state index in [0.29, 0.717) is 21.6 Å². The Morgan fingerprint density at radius 1 is 0.939 bits per heavy atom. The fourth-order valence-electron chi connectivity index (χ4n) is 3.06. The zero-order chi connectivity index (χ0) is 23.4. The number of aromatic nitrogens is 3. The summed E-state index contributed by atoms with van der Waals surface area (Å²) in [7, 11) is 0. The lowest BCUT2D eigenvalue weighted by Crippen LogP contribution is -2.30. The standard InChI is InChI=1S/C24H18Cl2N4O3/c1-15(23(31)27-19-13-17(25)12-18(26)14-19)33-24(32)21-28-22(16-8-4-2-5-9-16)30(29-21)20-10-6-3-7-11-20/h2-15H,1H3,(H,27,31)/t15-/m0/s1. The summed E-state index contributed by atoms with van der Waals surface area (Å²) in [6.07, 6.45) is -1.11. The van der Waals surface area contributed by atoms with Gasteiger partial charge < -0.3 is 10.1 Å². The van der Waals surface area contributed by atoms with Crippen LogP contribution in [-0.2, 0) is 9.53 Å². The van der Waals surface area contributed by atoms with Crippen LogP contribution in [0.1, 0.15) is 17.5 Å². The quantitative estimate of drug-likeness (QED) is 0.372. The van der Waals surface area contributed by atoms with E-state index in [2.05, 4.69) is 15.4 Å². The number of hydrogen-bond donors (Lipinski definition) is 1. The summed E-state index contributed by atoms with van der Waals surface area (Å²) in [5.74, 6) is -1.07. The van der Waals surface area contributed by atoms with Gasteiger partial charge in [0, 0.05) is 21.3 Å². The first-order chi connectivity index (χ1) is 15.9. The SMILES string of the molecule is C[C@H](OC(=O)c1nc(-c2ccccc2)n(-c2ccccc2)n1)C(=O)Nc1cc(Cl)cc(Cl)c1. The van der Waals surface area contributed by atoms with Crippen molar-refractivity contribution in [3.8, 4) is 17.1 Å². The highest BCUT2D eigenvalue weighted by Crippen LogP contribution is 2.23. The number of para-hydroxylation sites is 1. The molecule has 9 heteroatoms. The van der Waals surface area contributed by atoms with Crippen molar-refractivity contribution in [2.45, 2.75) is 13.0 Å². The first-order valence-corrected chi connectivity index (χ1v) is 10.7. The molecule has 1 amide bonds. The van der Waals surface area contributed by atoms with E-state index in [0.717, 1.165) is 11.3 Å². The van der Waals surface area contributed by atoms with Gasteiger partial charge in [-0.15, -0.1) is 5.10 Å². The third kappa shape index (κ3) is 5.39. The number of carbonyl (C=O) groups excluding carboxylic acids is 2. The average Bonchev–Trinajstić information content (AvgIpc) is 3.25. The number of hydrogen-bond acceptors (Lipinski definition) is 5. The summed E-state index contributed by atoms with van der Waals surface area (Å²) in [6.45, 7) is 1.45. The van der Waals surface area contributed by atoms with E-state index < -0.39 is 18.0 Å². The van der Waals surface area contributed by atoms with E-state index in [9.17, 15) is 9.59 Å². The number of nitrogens with one attached hydrogen (secondary N) is 1. The molecule has 0 aliphatic heterocycles. The monoisotopic (exact) mass is 480 g/mol. The molecular weight excluding hydrogens is 463 g/mol. The van der Waals surface area contributed by atoms with Crippen LogP contribution < -0.4 is 5.32 Å². The van der Waals surface area contributed by atoms with Crippen LogP contribution in [0, 0.1) is 0 Å². The lowest BCUT2D eigenvalue weighted by atomic mass is 10.2. The molecule has 33 heavy (non-hydrogen) atoms. The molecule has 0 fully saturated rings. The number of esters is 1. The van der Waals surface area contributed by atoms with Gasteiger partial charge in [-0.2, -0.15) is 0 Å². The zero-order valence-electron chi connectivity index (χ0n) is 17.4. The normalized spacial score (nSPS) is 11.6. The lowest BCUT2D eigenvalue weighted by molar-refractivity contribution is -0.123. The maximum absolute atomic E-state index is 12.8. The molecule has 0 saturated heterocycles. The number of amides is 1. The molecule has 166 valence electrons. The maximum atomic E-state index is 12.8. The summed E-state index contributed by atoms with van der Waals surface area (Å²) < 4.78 is 6.88. The molecule has 0 saturated carbocycles. The van der Waals surface area contributed by atoms with Crippen LogP contribution in [0.4, 0.5) is 5.69 Å². The third-order valence-electron chi connectivity index (χ3n) is 4.61. The van der Waals surface area contributed by atoms with Crippen molar-refractivity contribution in [1.29, 1.82) is 0 Å². The van der Waals surface area contributed by atoms with Crippen molar-refractivity contribution < 1.29 is 14.3 Å².